The molecule has 2 unspecified atom stereocenters. The van der Waals surface area contributed by atoms with Crippen LogP contribution in [0, 0.1) is 5.92 Å². The third-order valence-electron chi connectivity index (χ3n) is 3.56. The Bertz CT molecular complexity index is 359. The van der Waals surface area contributed by atoms with Crippen molar-refractivity contribution in [3.8, 4) is 0 Å². The maximum atomic E-state index is 6.32. The van der Waals surface area contributed by atoms with Crippen molar-refractivity contribution in [2.24, 2.45) is 11.7 Å². The summed E-state index contributed by atoms with van der Waals surface area (Å²) in [5.74, 6) is 2.73. The van der Waals surface area contributed by atoms with Crippen molar-refractivity contribution in [2.45, 2.75) is 36.1 Å². The van der Waals surface area contributed by atoms with Gasteiger partial charge in [0.25, 0.3) is 0 Å². The van der Waals surface area contributed by atoms with Crippen molar-refractivity contribution >= 4 is 11.8 Å². The summed E-state index contributed by atoms with van der Waals surface area (Å²) in [5.41, 5.74) is 7.82. The third kappa shape index (κ3) is 1.93. The lowest BCUT2D eigenvalue weighted by molar-refractivity contribution is 0.505. The Morgan fingerprint density at radius 1 is 1.33 bits per heavy atom. The minimum atomic E-state index is 0.383. The number of rotatable bonds is 3. The number of fused-ring (bicyclic) bond motifs is 1. The second-order valence-corrected chi connectivity index (χ2v) is 5.86. The Morgan fingerprint density at radius 2 is 2.13 bits per heavy atom. The number of hydrogen-bond acceptors (Lipinski definition) is 2. The average molecular weight is 219 g/mol. The molecule has 2 atom stereocenters. The average Bonchev–Trinajstić information content (AvgIpc) is 2.96. The molecule has 1 fully saturated rings. The zero-order valence-corrected chi connectivity index (χ0v) is 9.67. The largest absolute Gasteiger partial charge is 0.327 e. The van der Waals surface area contributed by atoms with Gasteiger partial charge in [-0.1, -0.05) is 31.0 Å². The van der Waals surface area contributed by atoms with E-state index in [4.69, 9.17) is 5.73 Å². The second-order valence-electron chi connectivity index (χ2n) is 4.80. The Hall–Kier alpha value is -0.470. The van der Waals surface area contributed by atoms with Gasteiger partial charge in [-0.2, -0.15) is 0 Å². The maximum Gasteiger partial charge on any atom is 0.0119 e. The van der Waals surface area contributed by atoms with E-state index >= 15 is 0 Å². The van der Waals surface area contributed by atoms with Crippen molar-refractivity contribution in [3.05, 3.63) is 29.8 Å². The van der Waals surface area contributed by atoms with Crippen LogP contribution in [0.4, 0.5) is 0 Å². The molecule has 1 nitrogen and oxygen atoms in total. The van der Waals surface area contributed by atoms with Crippen LogP contribution in [0.2, 0.25) is 0 Å². The Balaban J connectivity index is 1.77. The van der Waals surface area contributed by atoms with Crippen LogP contribution in [-0.4, -0.2) is 11.8 Å². The van der Waals surface area contributed by atoms with E-state index in [1.165, 1.54) is 35.5 Å². The van der Waals surface area contributed by atoms with E-state index in [9.17, 15) is 0 Å². The molecule has 80 valence electrons. The molecule has 2 N–H and O–H groups in total. The van der Waals surface area contributed by atoms with Gasteiger partial charge in [0.1, 0.15) is 0 Å². The molecule has 0 aromatic heterocycles. The van der Waals surface area contributed by atoms with Crippen molar-refractivity contribution in [3.63, 3.8) is 0 Å². The van der Waals surface area contributed by atoms with E-state index in [-0.39, 0.29) is 0 Å². The van der Waals surface area contributed by atoms with Gasteiger partial charge >= 0.3 is 0 Å². The minimum Gasteiger partial charge on any atom is -0.327 e. The molecule has 1 aromatic carbocycles. The van der Waals surface area contributed by atoms with Crippen LogP contribution in [0.1, 0.15) is 30.7 Å². The summed E-state index contributed by atoms with van der Waals surface area (Å²) in [5, 5.41) is 0. The Kier molecular flexibility index (Phi) is 2.49. The first kappa shape index (κ1) is 9.73. The number of hydrogen-bond donors (Lipinski definition) is 1. The Morgan fingerprint density at radius 3 is 2.93 bits per heavy atom. The molecule has 15 heavy (non-hydrogen) atoms. The first-order chi connectivity index (χ1) is 7.34. The van der Waals surface area contributed by atoms with Crippen LogP contribution < -0.4 is 5.73 Å². The summed E-state index contributed by atoms with van der Waals surface area (Å²) in [6.45, 7) is 0. The highest BCUT2D eigenvalue weighted by Crippen LogP contribution is 2.43. The summed E-state index contributed by atoms with van der Waals surface area (Å²) in [6, 6.07) is 9.13. The molecule has 0 amide bonds. The standard InChI is InChI=1S/C13H17NS/c14-12(7-9-5-6-9)11-8-15-13-4-2-1-3-10(11)13/h1-4,9,11-12H,5-8,14H2. The van der Waals surface area contributed by atoms with Crippen molar-refractivity contribution in [1.82, 2.24) is 0 Å². The molecule has 0 saturated heterocycles. The minimum absolute atomic E-state index is 0.383. The van der Waals surface area contributed by atoms with E-state index in [0.29, 0.717) is 12.0 Å². The molecule has 1 aromatic rings. The zero-order chi connectivity index (χ0) is 10.3. The molecule has 2 aliphatic rings. The molecule has 1 aliphatic carbocycles. The Labute approximate surface area is 95.4 Å². The molecule has 1 aliphatic heterocycles. The van der Waals surface area contributed by atoms with Gasteiger partial charge in [-0.05, 0) is 24.0 Å². The quantitative estimate of drug-likeness (QED) is 0.845. The van der Waals surface area contributed by atoms with Crippen LogP contribution in [0.15, 0.2) is 29.2 Å². The molecule has 3 rings (SSSR count). The molecular weight excluding hydrogens is 202 g/mol. The topological polar surface area (TPSA) is 26.0 Å². The van der Waals surface area contributed by atoms with E-state index in [1.54, 1.807) is 0 Å². The molecular formula is C13H17NS. The highest BCUT2D eigenvalue weighted by atomic mass is 32.2. The summed E-state index contributed by atoms with van der Waals surface area (Å²) < 4.78 is 0. The smallest absolute Gasteiger partial charge is 0.0119 e. The predicted molar refractivity (Wildman–Crippen MR) is 65.2 cm³/mol. The van der Waals surface area contributed by atoms with Crippen molar-refractivity contribution in [1.29, 1.82) is 0 Å². The molecule has 1 saturated carbocycles. The first-order valence-electron chi connectivity index (χ1n) is 5.82. The molecule has 1 heterocycles. The van der Waals surface area contributed by atoms with Crippen molar-refractivity contribution in [2.75, 3.05) is 5.75 Å². The summed E-state index contributed by atoms with van der Waals surface area (Å²) >= 11 is 1.97. The van der Waals surface area contributed by atoms with E-state index < -0.39 is 0 Å². The van der Waals surface area contributed by atoms with Gasteiger partial charge in [-0.15, -0.1) is 11.8 Å². The fraction of sp³-hybridized carbons (Fsp3) is 0.538. The molecule has 0 bridgehead atoms. The predicted octanol–water partition coefficient (Wildman–Crippen LogP) is 3.00. The van der Waals surface area contributed by atoms with Gasteiger partial charge in [0.05, 0.1) is 0 Å². The van der Waals surface area contributed by atoms with E-state index in [1.807, 2.05) is 11.8 Å². The van der Waals surface area contributed by atoms with Crippen LogP contribution in [0.3, 0.4) is 0 Å². The normalized spacial score (nSPS) is 26.3. The van der Waals surface area contributed by atoms with Crippen molar-refractivity contribution < 1.29 is 0 Å². The van der Waals surface area contributed by atoms with E-state index in [0.717, 1.165) is 5.92 Å². The van der Waals surface area contributed by atoms with Gasteiger partial charge in [0.15, 0.2) is 0 Å². The summed E-state index contributed by atoms with van der Waals surface area (Å²) in [7, 11) is 0. The van der Waals surface area contributed by atoms with Gasteiger partial charge in [0.2, 0.25) is 0 Å². The van der Waals surface area contributed by atoms with Gasteiger partial charge in [0, 0.05) is 22.6 Å². The molecule has 0 radical (unpaired) electrons. The zero-order valence-electron chi connectivity index (χ0n) is 8.86. The third-order valence-corrected chi connectivity index (χ3v) is 4.76. The highest BCUT2D eigenvalue weighted by molar-refractivity contribution is 7.99. The van der Waals surface area contributed by atoms with Gasteiger partial charge < -0.3 is 5.73 Å². The van der Waals surface area contributed by atoms with Crippen LogP contribution >= 0.6 is 11.8 Å². The lowest BCUT2D eigenvalue weighted by Crippen LogP contribution is -2.29. The summed E-state index contributed by atoms with van der Waals surface area (Å²) in [4.78, 5) is 1.45. The van der Waals surface area contributed by atoms with Crippen LogP contribution in [0.5, 0.6) is 0 Å². The number of benzene rings is 1. The number of thioether (sulfide) groups is 1. The molecule has 2 heteroatoms. The van der Waals surface area contributed by atoms with Gasteiger partial charge in [-0.25, -0.2) is 0 Å². The van der Waals surface area contributed by atoms with Crippen LogP contribution in [-0.2, 0) is 0 Å². The highest BCUT2D eigenvalue weighted by Gasteiger charge is 2.32. The second kappa shape index (κ2) is 3.84. The lowest BCUT2D eigenvalue weighted by Gasteiger charge is -2.19. The fourth-order valence-electron chi connectivity index (χ4n) is 2.44. The fourth-order valence-corrected chi connectivity index (χ4v) is 3.79. The van der Waals surface area contributed by atoms with Crippen LogP contribution in [0.25, 0.3) is 0 Å². The SMILES string of the molecule is NC(CC1CC1)C1CSc2ccccc21. The monoisotopic (exact) mass is 219 g/mol. The van der Waals surface area contributed by atoms with Gasteiger partial charge in [-0.3, -0.25) is 0 Å². The lowest BCUT2D eigenvalue weighted by atomic mass is 9.91. The van der Waals surface area contributed by atoms with E-state index in [2.05, 4.69) is 24.3 Å². The summed E-state index contributed by atoms with van der Waals surface area (Å²) in [6.07, 6.45) is 4.06. The first-order valence-corrected chi connectivity index (χ1v) is 6.80. The molecule has 0 spiro atoms. The number of nitrogens with two attached hydrogens (primary N) is 1. The maximum absolute atomic E-state index is 6.32.